The Hall–Kier alpha value is -2.51. The van der Waals surface area contributed by atoms with Crippen molar-refractivity contribution in [3.05, 3.63) is 57.7 Å². The molecule has 1 aliphatic heterocycles. The largest absolute Gasteiger partial charge is 0.544 e. The van der Waals surface area contributed by atoms with Crippen LogP contribution in [0.15, 0.2) is 40.9 Å². The topological polar surface area (TPSA) is 102 Å². The molecule has 26 heavy (non-hydrogen) atoms. The smallest absolute Gasteiger partial charge is 0.172 e. The van der Waals surface area contributed by atoms with Gasteiger partial charge in [-0.1, -0.05) is 18.2 Å². The number of aliphatic carboxylic acids is 1. The minimum Gasteiger partial charge on any atom is -0.544 e. The predicted octanol–water partition coefficient (Wildman–Crippen LogP) is 0.972. The minimum absolute atomic E-state index is 0.0142. The van der Waals surface area contributed by atoms with Crippen molar-refractivity contribution in [1.82, 2.24) is 4.98 Å². The highest BCUT2D eigenvalue weighted by molar-refractivity contribution is 9.10. The number of benzene rings is 2. The van der Waals surface area contributed by atoms with Crippen LogP contribution in [0.3, 0.4) is 0 Å². The summed E-state index contributed by atoms with van der Waals surface area (Å²) < 4.78 is 5.74. The number of quaternary nitrogens is 1. The van der Waals surface area contributed by atoms with Gasteiger partial charge in [-0.05, 0) is 39.7 Å². The summed E-state index contributed by atoms with van der Waals surface area (Å²) in [7, 11) is 1.48. The molecule has 1 aliphatic rings. The molecule has 2 atom stereocenters. The van der Waals surface area contributed by atoms with Gasteiger partial charge in [-0.3, -0.25) is 0 Å². The fourth-order valence-corrected chi connectivity index (χ4v) is 4.15. The average molecular weight is 417 g/mol. The number of nitrogens with one attached hydrogen (secondary N) is 1. The molecule has 7 heteroatoms. The highest BCUT2D eigenvalue weighted by atomic mass is 79.9. The van der Waals surface area contributed by atoms with Crippen LogP contribution < -0.4 is 15.2 Å². The number of aromatic hydroxyl groups is 1. The molecule has 0 amide bonds. The molecule has 0 bridgehead atoms. The Bertz CT molecular complexity index is 1010. The van der Waals surface area contributed by atoms with E-state index in [1.807, 2.05) is 24.3 Å². The number of phenolic OH excluding ortho intramolecular Hbond substituents is 1. The van der Waals surface area contributed by atoms with Crippen molar-refractivity contribution in [3.63, 3.8) is 0 Å². The van der Waals surface area contributed by atoms with Crippen LogP contribution in [0, 0.1) is 0 Å². The zero-order valence-electron chi connectivity index (χ0n) is 14.0. The van der Waals surface area contributed by atoms with Crippen LogP contribution in [-0.4, -0.2) is 29.2 Å². The highest BCUT2D eigenvalue weighted by Gasteiger charge is 2.35. The molecule has 2 aromatic carbocycles. The maximum absolute atomic E-state index is 11.6. The van der Waals surface area contributed by atoms with E-state index in [-0.39, 0.29) is 11.8 Å². The molecule has 0 radical (unpaired) electrons. The first-order valence-electron chi connectivity index (χ1n) is 8.21. The van der Waals surface area contributed by atoms with Gasteiger partial charge in [0.25, 0.3) is 0 Å². The number of methoxy groups -OCH3 is 1. The standard InChI is InChI=1S/C19H17BrN2O4/c1-26-15-7-9(6-12(20)18(15)23)16-17-11(8-14(22-16)19(24)25)10-4-2-3-5-13(10)21-17/h2-7,14,16,21-23H,8H2,1H3,(H,24,25). The summed E-state index contributed by atoms with van der Waals surface area (Å²) in [6.07, 6.45) is 0.397. The quantitative estimate of drug-likeness (QED) is 0.591. The Morgan fingerprint density at radius 3 is 2.88 bits per heavy atom. The van der Waals surface area contributed by atoms with E-state index in [0.29, 0.717) is 16.6 Å². The second kappa shape index (κ2) is 6.34. The number of aromatic nitrogens is 1. The summed E-state index contributed by atoms with van der Waals surface area (Å²) >= 11 is 3.34. The number of hydrogen-bond donors (Lipinski definition) is 3. The molecular weight excluding hydrogens is 400 g/mol. The van der Waals surface area contributed by atoms with Crippen LogP contribution in [0.25, 0.3) is 10.9 Å². The SMILES string of the molecule is COc1cc(C2[NH2+]C(C(=O)[O-])Cc3c2[nH]c2ccccc32)cc(Br)c1O. The van der Waals surface area contributed by atoms with Crippen molar-refractivity contribution in [2.45, 2.75) is 18.5 Å². The van der Waals surface area contributed by atoms with Gasteiger partial charge in [0, 0.05) is 22.9 Å². The summed E-state index contributed by atoms with van der Waals surface area (Å²) in [5, 5.41) is 24.5. The second-order valence-corrected chi connectivity index (χ2v) is 7.27. The van der Waals surface area contributed by atoms with Gasteiger partial charge in [-0.15, -0.1) is 0 Å². The van der Waals surface area contributed by atoms with Crippen LogP contribution in [0.1, 0.15) is 22.9 Å². The van der Waals surface area contributed by atoms with Crippen LogP contribution in [-0.2, 0) is 11.2 Å². The lowest BCUT2D eigenvalue weighted by Crippen LogP contribution is -2.95. The summed E-state index contributed by atoms with van der Waals surface area (Å²) in [5.41, 5.74) is 3.75. The van der Waals surface area contributed by atoms with Crippen molar-refractivity contribution < 1.29 is 25.1 Å². The number of hydrogen-bond acceptors (Lipinski definition) is 4. The van der Waals surface area contributed by atoms with Crippen LogP contribution in [0.5, 0.6) is 11.5 Å². The molecule has 4 rings (SSSR count). The Labute approximate surface area is 157 Å². The third kappa shape index (κ3) is 2.64. The monoisotopic (exact) mass is 416 g/mol. The number of carbonyl (C=O) groups excluding carboxylic acids is 1. The van der Waals surface area contributed by atoms with Gasteiger partial charge in [0.05, 0.1) is 23.2 Å². The first-order chi connectivity index (χ1) is 12.5. The summed E-state index contributed by atoms with van der Waals surface area (Å²) in [6, 6.07) is 10.4. The molecule has 2 unspecified atom stereocenters. The molecule has 2 heterocycles. The zero-order valence-corrected chi connectivity index (χ0v) is 15.5. The molecule has 4 N–H and O–H groups in total. The molecule has 0 saturated carbocycles. The van der Waals surface area contributed by atoms with Crippen molar-refractivity contribution in [1.29, 1.82) is 0 Å². The van der Waals surface area contributed by atoms with Gasteiger partial charge < -0.3 is 30.0 Å². The normalized spacial score (nSPS) is 19.3. The Morgan fingerprint density at radius 1 is 1.38 bits per heavy atom. The van der Waals surface area contributed by atoms with Gasteiger partial charge in [-0.2, -0.15) is 0 Å². The maximum atomic E-state index is 11.6. The van der Waals surface area contributed by atoms with Crippen LogP contribution in [0.2, 0.25) is 0 Å². The second-order valence-electron chi connectivity index (χ2n) is 6.42. The molecule has 1 aromatic heterocycles. The number of halogens is 1. The number of phenols is 1. The molecule has 6 nitrogen and oxygen atoms in total. The van der Waals surface area contributed by atoms with Gasteiger partial charge in [-0.25, -0.2) is 0 Å². The number of para-hydroxylation sites is 1. The molecule has 0 aliphatic carbocycles. The number of carboxylic acids is 1. The number of carbonyl (C=O) groups is 1. The van der Waals surface area contributed by atoms with Crippen LogP contribution >= 0.6 is 15.9 Å². The first kappa shape index (κ1) is 16.9. The van der Waals surface area contributed by atoms with Gasteiger partial charge >= 0.3 is 0 Å². The average Bonchev–Trinajstić information content (AvgIpc) is 3.01. The van der Waals surface area contributed by atoms with Crippen molar-refractivity contribution in [2.75, 3.05) is 7.11 Å². The fraction of sp³-hybridized carbons (Fsp3) is 0.211. The van der Waals surface area contributed by atoms with Crippen LogP contribution in [0.4, 0.5) is 0 Å². The molecular formula is C19H17BrN2O4. The van der Waals surface area contributed by atoms with E-state index >= 15 is 0 Å². The summed E-state index contributed by atoms with van der Waals surface area (Å²) in [4.78, 5) is 15.0. The van der Waals surface area contributed by atoms with E-state index in [1.54, 1.807) is 17.4 Å². The van der Waals surface area contributed by atoms with Gasteiger partial charge in [0.1, 0.15) is 6.04 Å². The number of nitrogens with two attached hydrogens (primary N) is 1. The summed E-state index contributed by atoms with van der Waals surface area (Å²) in [5.74, 6) is -0.743. The molecule has 0 saturated heterocycles. The number of fused-ring (bicyclic) bond motifs is 3. The van der Waals surface area contributed by atoms with E-state index in [4.69, 9.17) is 4.74 Å². The van der Waals surface area contributed by atoms with E-state index in [9.17, 15) is 15.0 Å². The highest BCUT2D eigenvalue weighted by Crippen LogP contribution is 2.39. The minimum atomic E-state index is -1.09. The molecule has 134 valence electrons. The lowest BCUT2D eigenvalue weighted by molar-refractivity contribution is -0.717. The van der Waals surface area contributed by atoms with E-state index in [1.165, 1.54) is 7.11 Å². The number of H-pyrrole nitrogens is 1. The molecule has 0 fully saturated rings. The summed E-state index contributed by atoms with van der Waals surface area (Å²) in [6.45, 7) is 0. The van der Waals surface area contributed by atoms with Crippen molar-refractivity contribution >= 4 is 32.8 Å². The maximum Gasteiger partial charge on any atom is 0.172 e. The Morgan fingerprint density at radius 2 is 2.15 bits per heavy atom. The Kier molecular flexibility index (Phi) is 4.13. The Balaban J connectivity index is 1.91. The fourth-order valence-electron chi connectivity index (χ4n) is 3.69. The van der Waals surface area contributed by atoms with E-state index < -0.39 is 12.0 Å². The van der Waals surface area contributed by atoms with Gasteiger partial charge in [0.2, 0.25) is 0 Å². The predicted molar refractivity (Wildman–Crippen MR) is 96.9 cm³/mol. The number of carboxylic acid groups (broad SMARTS) is 1. The van der Waals surface area contributed by atoms with Crippen molar-refractivity contribution in [2.24, 2.45) is 0 Å². The van der Waals surface area contributed by atoms with E-state index in [0.717, 1.165) is 27.7 Å². The van der Waals surface area contributed by atoms with E-state index in [2.05, 4.69) is 20.9 Å². The third-order valence-corrected chi connectivity index (χ3v) is 5.54. The number of ether oxygens (including phenoxy) is 1. The lowest BCUT2D eigenvalue weighted by Gasteiger charge is -2.29. The van der Waals surface area contributed by atoms with Crippen molar-refractivity contribution in [3.8, 4) is 11.5 Å². The first-order valence-corrected chi connectivity index (χ1v) is 9.00. The lowest BCUT2D eigenvalue weighted by atomic mass is 9.90. The third-order valence-electron chi connectivity index (χ3n) is 4.94. The van der Waals surface area contributed by atoms with Gasteiger partial charge in [0.15, 0.2) is 17.5 Å². The number of rotatable bonds is 3. The molecule has 0 spiro atoms. The number of aromatic amines is 1. The zero-order chi connectivity index (χ0) is 18.4. The molecule has 3 aromatic rings.